The number of nitrogens with one attached hydrogen (secondary N) is 2. The zero-order valence-corrected chi connectivity index (χ0v) is 15.8. The van der Waals surface area contributed by atoms with Gasteiger partial charge in [-0.3, -0.25) is 9.59 Å². The summed E-state index contributed by atoms with van der Waals surface area (Å²) < 4.78 is 10.1. The number of rotatable bonds is 7. The molecule has 0 bridgehead atoms. The smallest absolute Gasteiger partial charge is 0.338 e. The normalized spacial score (nSPS) is 10.2. The lowest BCUT2D eigenvalue weighted by Crippen LogP contribution is -2.21. The number of amides is 2. The first-order chi connectivity index (χ1) is 14.1. The minimum absolute atomic E-state index is 0.184. The highest BCUT2D eigenvalue weighted by Gasteiger charge is 2.13. The number of ether oxygens (including phenoxy) is 1. The van der Waals surface area contributed by atoms with E-state index in [1.165, 1.54) is 18.4 Å². The van der Waals surface area contributed by atoms with Gasteiger partial charge in [0.05, 0.1) is 11.8 Å². The van der Waals surface area contributed by atoms with Crippen LogP contribution in [0.5, 0.6) is 0 Å². The second-order valence-corrected chi connectivity index (χ2v) is 6.14. The van der Waals surface area contributed by atoms with Crippen LogP contribution < -0.4 is 10.6 Å². The number of para-hydroxylation sites is 1. The number of hydrogen-bond acceptors (Lipinski definition) is 5. The van der Waals surface area contributed by atoms with Crippen LogP contribution in [0.1, 0.15) is 33.4 Å². The molecule has 2 N–H and O–H groups in total. The van der Waals surface area contributed by atoms with E-state index in [0.717, 1.165) is 12.0 Å². The number of hydrogen-bond donors (Lipinski definition) is 2. The first-order valence-electron chi connectivity index (χ1n) is 9.06. The quantitative estimate of drug-likeness (QED) is 0.595. The maximum atomic E-state index is 12.1. The summed E-state index contributed by atoms with van der Waals surface area (Å²) in [5, 5.41) is 5.39. The summed E-state index contributed by atoms with van der Waals surface area (Å²) >= 11 is 0. The predicted molar refractivity (Wildman–Crippen MR) is 108 cm³/mol. The van der Waals surface area contributed by atoms with Crippen LogP contribution in [0.15, 0.2) is 71.3 Å². The van der Waals surface area contributed by atoms with Crippen LogP contribution in [0.25, 0.3) is 0 Å². The summed E-state index contributed by atoms with van der Waals surface area (Å²) in [5.74, 6) is -1.26. The van der Waals surface area contributed by atoms with Gasteiger partial charge >= 0.3 is 5.97 Å². The van der Waals surface area contributed by atoms with Gasteiger partial charge in [-0.05, 0) is 54.4 Å². The second kappa shape index (κ2) is 9.36. The lowest BCUT2D eigenvalue weighted by atomic mass is 10.1. The van der Waals surface area contributed by atoms with Gasteiger partial charge in [-0.1, -0.05) is 25.1 Å². The SMILES string of the molecule is CCc1ccccc1NC(=O)COC(=O)c1ccc(NC(=O)c2ccco2)cc1. The summed E-state index contributed by atoms with van der Waals surface area (Å²) in [7, 11) is 0. The van der Waals surface area contributed by atoms with Gasteiger partial charge in [0.15, 0.2) is 12.4 Å². The van der Waals surface area contributed by atoms with E-state index in [-0.39, 0.29) is 11.3 Å². The highest BCUT2D eigenvalue weighted by atomic mass is 16.5. The number of benzene rings is 2. The third-order valence-electron chi connectivity index (χ3n) is 4.13. The molecule has 0 radical (unpaired) electrons. The summed E-state index contributed by atoms with van der Waals surface area (Å²) in [4.78, 5) is 36.1. The monoisotopic (exact) mass is 392 g/mol. The van der Waals surface area contributed by atoms with Crippen LogP contribution in [-0.2, 0) is 16.0 Å². The zero-order chi connectivity index (χ0) is 20.6. The summed E-state index contributed by atoms with van der Waals surface area (Å²) in [6, 6.07) is 16.7. The summed E-state index contributed by atoms with van der Waals surface area (Å²) in [6.45, 7) is 1.60. The average Bonchev–Trinajstić information content (AvgIpc) is 3.28. The number of carbonyl (C=O) groups is 3. The molecule has 0 aliphatic rings. The Labute approximate surface area is 167 Å². The molecule has 0 fully saturated rings. The first kappa shape index (κ1) is 19.9. The molecule has 2 aromatic carbocycles. The van der Waals surface area contributed by atoms with E-state index in [2.05, 4.69) is 10.6 Å². The average molecular weight is 392 g/mol. The minimum atomic E-state index is -0.632. The van der Waals surface area contributed by atoms with Crippen LogP contribution >= 0.6 is 0 Å². The molecule has 0 unspecified atom stereocenters. The molecule has 0 saturated carbocycles. The molecule has 1 heterocycles. The van der Waals surface area contributed by atoms with Crippen molar-refractivity contribution in [3.8, 4) is 0 Å². The van der Waals surface area contributed by atoms with Crippen molar-refractivity contribution >= 4 is 29.2 Å². The first-order valence-corrected chi connectivity index (χ1v) is 9.06. The Kier molecular flexibility index (Phi) is 6.42. The molecule has 29 heavy (non-hydrogen) atoms. The Hall–Kier alpha value is -3.87. The molecule has 0 saturated heterocycles. The third-order valence-corrected chi connectivity index (χ3v) is 4.13. The van der Waals surface area contributed by atoms with Crippen molar-refractivity contribution in [2.45, 2.75) is 13.3 Å². The van der Waals surface area contributed by atoms with E-state index in [4.69, 9.17) is 9.15 Å². The molecule has 1 aromatic heterocycles. The molecule has 7 nitrogen and oxygen atoms in total. The van der Waals surface area contributed by atoms with Gasteiger partial charge in [0.25, 0.3) is 11.8 Å². The van der Waals surface area contributed by atoms with E-state index in [0.29, 0.717) is 11.4 Å². The number of esters is 1. The largest absolute Gasteiger partial charge is 0.459 e. The second-order valence-electron chi connectivity index (χ2n) is 6.14. The fraction of sp³-hybridized carbons (Fsp3) is 0.136. The van der Waals surface area contributed by atoms with Crippen LogP contribution in [0.2, 0.25) is 0 Å². The van der Waals surface area contributed by atoms with Crippen LogP contribution in [-0.4, -0.2) is 24.4 Å². The summed E-state index contributed by atoms with van der Waals surface area (Å²) in [6.07, 6.45) is 2.18. The fourth-order valence-electron chi connectivity index (χ4n) is 2.64. The van der Waals surface area contributed by atoms with Crippen molar-refractivity contribution in [3.05, 3.63) is 83.8 Å². The Bertz CT molecular complexity index is 994. The lowest BCUT2D eigenvalue weighted by Gasteiger charge is -2.10. The van der Waals surface area contributed by atoms with E-state index in [1.54, 1.807) is 30.3 Å². The molecule has 0 aliphatic heterocycles. The predicted octanol–water partition coefficient (Wildman–Crippen LogP) is 3.89. The maximum absolute atomic E-state index is 12.1. The molecule has 0 aliphatic carbocycles. The van der Waals surface area contributed by atoms with Gasteiger partial charge in [0.2, 0.25) is 0 Å². The van der Waals surface area contributed by atoms with Crippen molar-refractivity contribution in [1.29, 1.82) is 0 Å². The van der Waals surface area contributed by atoms with Gasteiger partial charge in [-0.15, -0.1) is 0 Å². The molecular weight excluding hydrogens is 372 g/mol. The van der Waals surface area contributed by atoms with E-state index in [1.807, 2.05) is 25.1 Å². The Morgan fingerprint density at radius 1 is 0.931 bits per heavy atom. The van der Waals surface area contributed by atoms with E-state index in [9.17, 15) is 14.4 Å². The highest BCUT2D eigenvalue weighted by Crippen LogP contribution is 2.16. The fourth-order valence-corrected chi connectivity index (χ4v) is 2.64. The lowest BCUT2D eigenvalue weighted by molar-refractivity contribution is -0.119. The van der Waals surface area contributed by atoms with Crippen LogP contribution in [0.3, 0.4) is 0 Å². The maximum Gasteiger partial charge on any atom is 0.338 e. The van der Waals surface area contributed by atoms with Crippen LogP contribution in [0.4, 0.5) is 11.4 Å². The van der Waals surface area contributed by atoms with Gasteiger partial charge < -0.3 is 19.8 Å². The Morgan fingerprint density at radius 3 is 2.38 bits per heavy atom. The van der Waals surface area contributed by atoms with Gasteiger partial charge in [0, 0.05) is 11.4 Å². The molecule has 2 amide bonds. The molecule has 0 spiro atoms. The number of furan rings is 1. The molecule has 3 rings (SSSR count). The van der Waals surface area contributed by atoms with Crippen molar-refractivity contribution in [3.63, 3.8) is 0 Å². The number of carbonyl (C=O) groups excluding carboxylic acids is 3. The van der Waals surface area contributed by atoms with E-state index < -0.39 is 24.4 Å². The zero-order valence-electron chi connectivity index (χ0n) is 15.8. The van der Waals surface area contributed by atoms with Crippen LogP contribution in [0, 0.1) is 0 Å². The van der Waals surface area contributed by atoms with E-state index >= 15 is 0 Å². The van der Waals surface area contributed by atoms with Crippen molar-refractivity contribution < 1.29 is 23.5 Å². The Morgan fingerprint density at radius 2 is 1.69 bits per heavy atom. The van der Waals surface area contributed by atoms with Crippen molar-refractivity contribution in [2.75, 3.05) is 17.2 Å². The molecular formula is C22H20N2O5. The number of anilines is 2. The van der Waals surface area contributed by atoms with Crippen molar-refractivity contribution in [1.82, 2.24) is 0 Å². The highest BCUT2D eigenvalue weighted by molar-refractivity contribution is 6.02. The van der Waals surface area contributed by atoms with Gasteiger partial charge in [0.1, 0.15) is 0 Å². The molecule has 0 atom stereocenters. The van der Waals surface area contributed by atoms with Gasteiger partial charge in [-0.2, -0.15) is 0 Å². The Balaban J connectivity index is 1.51. The molecule has 7 heteroatoms. The molecule has 148 valence electrons. The van der Waals surface area contributed by atoms with Gasteiger partial charge in [-0.25, -0.2) is 4.79 Å². The third kappa shape index (κ3) is 5.32. The number of aryl methyl sites for hydroxylation is 1. The van der Waals surface area contributed by atoms with Crippen molar-refractivity contribution in [2.24, 2.45) is 0 Å². The molecule has 3 aromatic rings. The minimum Gasteiger partial charge on any atom is -0.459 e. The standard InChI is InChI=1S/C22H20N2O5/c1-2-15-6-3-4-7-18(15)24-20(25)14-29-22(27)16-9-11-17(12-10-16)23-21(26)19-8-5-13-28-19/h3-13H,2,14H2,1H3,(H,23,26)(H,24,25). The summed E-state index contributed by atoms with van der Waals surface area (Å²) in [5.41, 5.74) is 2.46. The topological polar surface area (TPSA) is 97.6 Å².